The third-order valence-electron chi connectivity index (χ3n) is 29.6. The number of hydrogen-bond donors (Lipinski definition) is 1. The first kappa shape index (κ1) is 65.6. The molecule has 22 aliphatic carbocycles. The van der Waals surface area contributed by atoms with Crippen molar-refractivity contribution >= 4 is 25.9 Å². The van der Waals surface area contributed by atoms with E-state index in [1.165, 1.54) is 140 Å². The van der Waals surface area contributed by atoms with Crippen molar-refractivity contribution in [2.45, 2.75) is 220 Å². The Hall–Kier alpha value is -5.67. The van der Waals surface area contributed by atoms with Crippen molar-refractivity contribution in [3.05, 3.63) is 35.9 Å². The van der Waals surface area contributed by atoms with Gasteiger partial charge in [-0.25, -0.2) is 9.59 Å². The third kappa shape index (κ3) is 11.8. The lowest BCUT2D eigenvalue weighted by Gasteiger charge is -2.73. The SMILES string of the molecule is C#CC12CC3C4CC5(C#CC(=O)NCC)CC3C(C1)C(C5)C4C2.C#CC12CC3C4CC5(C#CC(=O)OCCc6ccccc6)CC3C(C1)C(C5)C4C2.C#CC12CC3CC(C1)CC(C#CC(=O)OCC(C)C)(C3)C2.C#CC12CC3CC(C1)CC(C#C[Si](C)(C)C(C)(C)C)(C3)C2. The normalized spacial score (nSPS) is 45.0. The van der Waals surface area contributed by atoms with Crippen molar-refractivity contribution in [1.82, 2.24) is 5.32 Å². The van der Waals surface area contributed by atoms with Gasteiger partial charge >= 0.3 is 11.9 Å². The maximum Gasteiger partial charge on any atom is 0.384 e. The zero-order valence-corrected chi connectivity index (χ0v) is 59.4. The van der Waals surface area contributed by atoms with Crippen molar-refractivity contribution in [3.63, 3.8) is 0 Å². The monoisotopic (exact) mass is 1270 g/mol. The van der Waals surface area contributed by atoms with E-state index >= 15 is 0 Å². The van der Waals surface area contributed by atoms with Gasteiger partial charge in [0, 0.05) is 68.1 Å². The number of rotatable bonds is 6. The molecule has 7 heteroatoms. The number of nitrogens with one attached hydrogen (secondary N) is 1. The first-order valence-electron chi connectivity index (χ1n) is 37.4. The summed E-state index contributed by atoms with van der Waals surface area (Å²) >= 11 is 0. The maximum atomic E-state index is 12.3. The molecule has 1 aromatic carbocycles. The molecule has 94 heavy (non-hydrogen) atoms. The van der Waals surface area contributed by atoms with Crippen LogP contribution in [0.3, 0.4) is 0 Å². The number of hydrogen-bond acceptors (Lipinski definition) is 5. The summed E-state index contributed by atoms with van der Waals surface area (Å²) < 4.78 is 10.6. The summed E-state index contributed by atoms with van der Waals surface area (Å²) in [4.78, 5) is 35.8. The van der Waals surface area contributed by atoms with Crippen LogP contribution in [0.15, 0.2) is 30.3 Å². The second-order valence-corrected chi connectivity index (χ2v) is 42.3. The lowest BCUT2D eigenvalue weighted by atomic mass is 9.31. The molecule has 0 spiro atoms. The highest BCUT2D eigenvalue weighted by molar-refractivity contribution is 6.87. The quantitative estimate of drug-likeness (QED) is 0.133. The lowest BCUT2D eigenvalue weighted by Crippen LogP contribution is -2.67. The van der Waals surface area contributed by atoms with Gasteiger partial charge in [0.15, 0.2) is 0 Å². The molecule has 22 saturated carbocycles. The molecule has 22 fully saturated rings. The van der Waals surface area contributed by atoms with Crippen LogP contribution in [0.5, 0.6) is 0 Å². The average molecular weight is 1270 g/mol. The smallest absolute Gasteiger partial charge is 0.384 e. The highest BCUT2D eigenvalue weighted by atomic mass is 28.3. The first-order valence-corrected chi connectivity index (χ1v) is 40.4. The molecular weight excluding hydrogens is 1170 g/mol. The molecule has 4 unspecified atom stereocenters. The van der Waals surface area contributed by atoms with E-state index < -0.39 is 8.07 Å². The van der Waals surface area contributed by atoms with Crippen molar-refractivity contribution in [2.75, 3.05) is 19.8 Å². The summed E-state index contributed by atoms with van der Waals surface area (Å²) in [7, 11) is -1.50. The number of benzene rings is 1. The first-order chi connectivity index (χ1) is 44.7. The predicted octanol–water partition coefficient (Wildman–Crippen LogP) is 16.0. The number of carbonyl (C=O) groups excluding carboxylic acids is 3. The van der Waals surface area contributed by atoms with Crippen LogP contribution in [0, 0.1) is 240 Å². The second kappa shape index (κ2) is 23.8. The van der Waals surface area contributed by atoms with Crippen LogP contribution < -0.4 is 5.32 Å². The molecule has 494 valence electrons. The molecule has 1 amide bonds. The second-order valence-electron chi connectivity index (χ2n) is 37.3. The maximum absolute atomic E-state index is 12.3. The highest BCUT2D eigenvalue weighted by Gasteiger charge is 2.72. The summed E-state index contributed by atoms with van der Waals surface area (Å²) in [5.41, 5.74) is 6.18. The molecule has 23 rings (SSSR count). The van der Waals surface area contributed by atoms with Crippen LogP contribution in [0.4, 0.5) is 0 Å². The van der Waals surface area contributed by atoms with Crippen LogP contribution >= 0.6 is 0 Å². The van der Waals surface area contributed by atoms with Gasteiger partial charge in [-0.3, -0.25) is 4.79 Å². The summed E-state index contributed by atoms with van der Waals surface area (Å²) in [5, 5.41) is 3.17. The molecule has 0 aliphatic heterocycles. The largest absolute Gasteiger partial charge is 0.456 e. The van der Waals surface area contributed by atoms with E-state index in [-0.39, 0.29) is 61.2 Å². The van der Waals surface area contributed by atoms with Gasteiger partial charge in [0.2, 0.25) is 0 Å². The van der Waals surface area contributed by atoms with Crippen LogP contribution in [0.1, 0.15) is 201 Å². The Morgan fingerprint density at radius 2 is 0.830 bits per heavy atom. The van der Waals surface area contributed by atoms with E-state index in [0.29, 0.717) is 42.6 Å². The predicted molar refractivity (Wildman–Crippen MR) is 375 cm³/mol. The minimum atomic E-state index is -1.50. The van der Waals surface area contributed by atoms with E-state index in [1.54, 1.807) is 0 Å². The molecule has 6 nitrogen and oxygen atoms in total. The Morgan fingerprint density at radius 3 is 1.19 bits per heavy atom. The fraction of sp³-hybridized carbons (Fsp3) is 0.713. The van der Waals surface area contributed by atoms with Crippen molar-refractivity contribution in [1.29, 1.82) is 0 Å². The molecule has 1 aromatic rings. The highest BCUT2D eigenvalue weighted by Crippen LogP contribution is 2.78. The average Bonchev–Trinajstić information content (AvgIpc) is 0.682. The van der Waals surface area contributed by atoms with Gasteiger partial charge in [0.05, 0.1) is 13.2 Å². The number of carbonyl (C=O) groups is 3. The minimum Gasteiger partial charge on any atom is -0.456 e. The van der Waals surface area contributed by atoms with Gasteiger partial charge in [-0.05, 0) is 278 Å². The minimum absolute atomic E-state index is 0.0205. The van der Waals surface area contributed by atoms with Gasteiger partial charge in [-0.1, -0.05) is 119 Å². The van der Waals surface area contributed by atoms with E-state index in [1.807, 2.05) is 39.0 Å². The van der Waals surface area contributed by atoms with E-state index in [2.05, 4.69) is 122 Å². The molecule has 0 heterocycles. The Labute approximate surface area is 568 Å². The Kier molecular flexibility index (Phi) is 16.6. The molecule has 0 radical (unpaired) electrons. The number of amides is 1. The number of ether oxygens (including phenoxy) is 2. The van der Waals surface area contributed by atoms with Gasteiger partial charge in [-0.2, -0.15) is 0 Å². The van der Waals surface area contributed by atoms with Crippen LogP contribution in [0.25, 0.3) is 0 Å². The molecule has 24 bridgehead atoms. The van der Waals surface area contributed by atoms with Crippen LogP contribution in [-0.2, 0) is 30.3 Å². The van der Waals surface area contributed by atoms with Gasteiger partial charge in [-0.15, -0.1) is 37.2 Å². The van der Waals surface area contributed by atoms with Crippen LogP contribution in [0.2, 0.25) is 18.1 Å². The summed E-state index contributed by atoms with van der Waals surface area (Å²) in [6, 6.07) is 10.1. The van der Waals surface area contributed by atoms with E-state index in [9.17, 15) is 14.4 Å². The molecular formula is C87H107NO5Si. The zero-order chi connectivity index (χ0) is 66.1. The molecule has 22 aliphatic rings. The lowest BCUT2D eigenvalue weighted by molar-refractivity contribution is -0.233. The molecule has 0 aromatic heterocycles. The fourth-order valence-electron chi connectivity index (χ4n) is 26.1. The van der Waals surface area contributed by atoms with E-state index in [4.69, 9.17) is 35.2 Å². The topological polar surface area (TPSA) is 81.7 Å². The third-order valence-corrected chi connectivity index (χ3v) is 34.1. The Balaban J connectivity index is 0.000000109. The van der Waals surface area contributed by atoms with Crippen molar-refractivity contribution < 1.29 is 23.9 Å². The van der Waals surface area contributed by atoms with Crippen LogP contribution in [-0.4, -0.2) is 45.7 Å². The molecule has 0 saturated heterocycles. The van der Waals surface area contributed by atoms with Crippen molar-refractivity contribution in [3.8, 4) is 96.4 Å². The molecule has 1 N–H and O–H groups in total. The van der Waals surface area contributed by atoms with Crippen molar-refractivity contribution in [2.24, 2.45) is 144 Å². The summed E-state index contributed by atoms with van der Waals surface area (Å²) in [6.07, 6.45) is 54.0. The molecule has 4 atom stereocenters. The summed E-state index contributed by atoms with van der Waals surface area (Å²) in [6.45, 7) is 19.4. The zero-order valence-electron chi connectivity index (χ0n) is 58.4. The van der Waals surface area contributed by atoms with E-state index in [0.717, 1.165) is 109 Å². The number of esters is 2. The van der Waals surface area contributed by atoms with Gasteiger partial charge in [0.25, 0.3) is 5.91 Å². The summed E-state index contributed by atoms with van der Waals surface area (Å²) in [5.74, 6) is 48.0. The van der Waals surface area contributed by atoms with Gasteiger partial charge < -0.3 is 14.8 Å². The Morgan fingerprint density at radius 1 is 0.489 bits per heavy atom. The Bertz CT molecular complexity index is 3490. The fourth-order valence-corrected chi connectivity index (χ4v) is 27.1. The number of terminal acetylenes is 4. The standard InChI is InChI=1S/C27H28O2.C21H25NO.C20H30Si.C19H24O2/c1-2-26-12-19-22-15-27(16-23(19)21(14-26)24(17-27)20(22)13-26)10-8-25(28)29-11-9-18-6-4-3-5-7-18;1-3-20-7-13-16-10-21(6-5-19(23)22-4-2)11-17(13)15(9-20)18(12-21)14(16)8-20;1-7-19-11-16-10-17(12-19)14-20(13-16,15-19)8-9-21(5,6)18(2,3)4;1-4-18-8-15-7-16(9-18)11-19(10-15,13-18)6-5-17(20)21-12-14(2)3/h1,3-7,19-24H,9,11-17H2;1,13-18H,4,7-12H2,2H3,(H,22,23);1,16-17H,10-15H2,2-6H3;1,14-16H,7-13H2,2-3H3. The van der Waals surface area contributed by atoms with Gasteiger partial charge in [0.1, 0.15) is 8.07 Å².